The third kappa shape index (κ3) is 4.95. The van der Waals surface area contributed by atoms with Crippen molar-refractivity contribution in [3.8, 4) is 0 Å². The summed E-state index contributed by atoms with van der Waals surface area (Å²) < 4.78 is 0. The van der Waals surface area contributed by atoms with E-state index in [0.717, 1.165) is 35.9 Å². The quantitative estimate of drug-likeness (QED) is 0.455. The third-order valence-corrected chi connectivity index (χ3v) is 5.34. The van der Waals surface area contributed by atoms with Gasteiger partial charge in [-0.15, -0.1) is 0 Å². The Kier molecular flexibility index (Phi) is 6.53. The number of carboxylic acids is 1. The first-order valence-corrected chi connectivity index (χ1v) is 9.98. The highest BCUT2D eigenvalue weighted by atomic mass is 16.4. The number of fused-ring (bicyclic) bond motifs is 1. The summed E-state index contributed by atoms with van der Waals surface area (Å²) in [5.74, 6) is -2.11. The van der Waals surface area contributed by atoms with Gasteiger partial charge in [0.1, 0.15) is 12.1 Å². The minimum Gasteiger partial charge on any atom is -0.480 e. The Labute approximate surface area is 169 Å². The van der Waals surface area contributed by atoms with E-state index in [9.17, 15) is 19.5 Å². The van der Waals surface area contributed by atoms with Crippen LogP contribution < -0.4 is 16.0 Å². The maximum atomic E-state index is 13.0. The van der Waals surface area contributed by atoms with Crippen molar-refractivity contribution in [1.82, 2.24) is 20.9 Å². The van der Waals surface area contributed by atoms with Crippen LogP contribution in [0.15, 0.2) is 30.5 Å². The third-order valence-electron chi connectivity index (χ3n) is 5.34. The number of benzene rings is 1. The fraction of sp³-hybridized carbons (Fsp3) is 0.476. The standard InChI is InChI=1S/C21H28N4O4/c1-12(2)18(21(28)29)25-20(27)17(24-19(26)16-8-5-9-22-16)10-13-11-23-15-7-4-3-6-14(13)15/h3-4,6-7,11-12,16-18,22-23H,5,8-10H2,1-2H3,(H,24,26)(H,25,27)(H,28,29)/t16-,17-,18-/m0/s1. The summed E-state index contributed by atoms with van der Waals surface area (Å²) in [7, 11) is 0. The first-order valence-electron chi connectivity index (χ1n) is 9.98. The summed E-state index contributed by atoms with van der Waals surface area (Å²) in [5.41, 5.74) is 1.83. The first kappa shape index (κ1) is 20.9. The van der Waals surface area contributed by atoms with Gasteiger partial charge in [0.15, 0.2) is 0 Å². The molecule has 8 heteroatoms. The lowest BCUT2D eigenvalue weighted by molar-refractivity contribution is -0.143. The minimum atomic E-state index is -1.09. The molecule has 1 fully saturated rings. The molecule has 0 radical (unpaired) electrons. The molecule has 2 aromatic rings. The van der Waals surface area contributed by atoms with Gasteiger partial charge in [-0.1, -0.05) is 32.0 Å². The van der Waals surface area contributed by atoms with Crippen molar-refractivity contribution < 1.29 is 19.5 Å². The lowest BCUT2D eigenvalue weighted by Gasteiger charge is -2.24. The molecule has 1 aliphatic heterocycles. The fourth-order valence-electron chi connectivity index (χ4n) is 3.68. The molecular formula is C21H28N4O4. The Morgan fingerprint density at radius 3 is 2.62 bits per heavy atom. The fourth-order valence-corrected chi connectivity index (χ4v) is 3.68. The average Bonchev–Trinajstić information content (AvgIpc) is 3.35. The number of H-pyrrole nitrogens is 1. The van der Waals surface area contributed by atoms with Crippen molar-refractivity contribution in [3.63, 3.8) is 0 Å². The predicted molar refractivity (Wildman–Crippen MR) is 109 cm³/mol. The lowest BCUT2D eigenvalue weighted by atomic mass is 10.0. The Bertz CT molecular complexity index is 886. The van der Waals surface area contributed by atoms with E-state index in [1.54, 1.807) is 13.8 Å². The van der Waals surface area contributed by atoms with Gasteiger partial charge in [0.2, 0.25) is 11.8 Å². The molecule has 0 aliphatic carbocycles. The van der Waals surface area contributed by atoms with Crippen LogP contribution in [0, 0.1) is 5.92 Å². The molecule has 1 aliphatic rings. The Morgan fingerprint density at radius 2 is 1.97 bits per heavy atom. The molecule has 1 aromatic carbocycles. The van der Waals surface area contributed by atoms with E-state index < -0.39 is 24.0 Å². The summed E-state index contributed by atoms with van der Waals surface area (Å²) in [6, 6.07) is 5.50. The van der Waals surface area contributed by atoms with E-state index >= 15 is 0 Å². The van der Waals surface area contributed by atoms with Crippen molar-refractivity contribution in [1.29, 1.82) is 0 Å². The summed E-state index contributed by atoms with van der Waals surface area (Å²) >= 11 is 0. The molecule has 0 bridgehead atoms. The van der Waals surface area contributed by atoms with E-state index in [4.69, 9.17) is 0 Å². The summed E-state index contributed by atoms with van der Waals surface area (Å²) in [6.07, 6.45) is 3.71. The SMILES string of the molecule is CC(C)[C@H](NC(=O)[C@H](Cc1c[nH]c2ccccc12)NC(=O)[C@@H]1CCCN1)C(=O)O. The van der Waals surface area contributed by atoms with Crippen LogP contribution in [0.5, 0.6) is 0 Å². The van der Waals surface area contributed by atoms with Gasteiger partial charge in [-0.2, -0.15) is 0 Å². The maximum Gasteiger partial charge on any atom is 0.326 e. The van der Waals surface area contributed by atoms with Crippen molar-refractivity contribution >= 4 is 28.7 Å². The van der Waals surface area contributed by atoms with Crippen LogP contribution >= 0.6 is 0 Å². The van der Waals surface area contributed by atoms with Crippen LogP contribution in [0.4, 0.5) is 0 Å². The van der Waals surface area contributed by atoms with Crippen LogP contribution in [0.1, 0.15) is 32.3 Å². The number of carbonyl (C=O) groups excluding carboxylic acids is 2. The topological polar surface area (TPSA) is 123 Å². The smallest absolute Gasteiger partial charge is 0.326 e. The molecule has 0 unspecified atom stereocenters. The Hall–Kier alpha value is -2.87. The molecule has 2 amide bonds. The van der Waals surface area contributed by atoms with Crippen LogP contribution in [-0.4, -0.2) is 52.5 Å². The number of carbonyl (C=O) groups is 3. The summed E-state index contributed by atoms with van der Waals surface area (Å²) in [5, 5.41) is 18.9. The number of aromatic nitrogens is 1. The van der Waals surface area contributed by atoms with Crippen LogP contribution in [0.25, 0.3) is 10.9 Å². The normalized spacial score (nSPS) is 18.5. The predicted octanol–water partition coefficient (Wildman–Crippen LogP) is 1.17. The zero-order valence-corrected chi connectivity index (χ0v) is 16.7. The van der Waals surface area contributed by atoms with Crippen molar-refractivity contribution in [2.75, 3.05) is 6.54 Å². The van der Waals surface area contributed by atoms with Crippen LogP contribution in [-0.2, 0) is 20.8 Å². The number of aliphatic carboxylic acids is 1. The van der Waals surface area contributed by atoms with E-state index in [2.05, 4.69) is 20.9 Å². The van der Waals surface area contributed by atoms with Gasteiger partial charge < -0.3 is 26.0 Å². The molecule has 0 saturated carbocycles. The second-order valence-electron chi connectivity index (χ2n) is 7.84. The minimum absolute atomic E-state index is 0.237. The number of carboxylic acid groups (broad SMARTS) is 1. The summed E-state index contributed by atoms with van der Waals surface area (Å²) in [4.78, 5) is 40.3. The number of amides is 2. The number of para-hydroxylation sites is 1. The van der Waals surface area contributed by atoms with Gasteiger partial charge in [-0.05, 0) is 36.9 Å². The highest BCUT2D eigenvalue weighted by Gasteiger charge is 2.31. The maximum absolute atomic E-state index is 13.0. The van der Waals surface area contributed by atoms with Crippen molar-refractivity contribution in [2.24, 2.45) is 5.92 Å². The molecular weight excluding hydrogens is 372 g/mol. The number of nitrogens with one attached hydrogen (secondary N) is 4. The zero-order valence-electron chi connectivity index (χ0n) is 16.7. The van der Waals surface area contributed by atoms with Gasteiger partial charge in [0.25, 0.3) is 0 Å². The molecule has 3 atom stereocenters. The average molecular weight is 400 g/mol. The molecule has 8 nitrogen and oxygen atoms in total. The highest BCUT2D eigenvalue weighted by molar-refractivity contribution is 5.93. The van der Waals surface area contributed by atoms with Gasteiger partial charge in [0.05, 0.1) is 6.04 Å². The molecule has 29 heavy (non-hydrogen) atoms. The lowest BCUT2D eigenvalue weighted by Crippen LogP contribution is -2.56. The van der Waals surface area contributed by atoms with Crippen molar-refractivity contribution in [2.45, 2.75) is 51.2 Å². The van der Waals surface area contributed by atoms with E-state index in [1.807, 2.05) is 30.5 Å². The van der Waals surface area contributed by atoms with E-state index in [0.29, 0.717) is 0 Å². The number of aromatic amines is 1. The largest absolute Gasteiger partial charge is 0.480 e. The van der Waals surface area contributed by atoms with E-state index in [1.165, 1.54) is 0 Å². The molecule has 2 heterocycles. The highest BCUT2D eigenvalue weighted by Crippen LogP contribution is 2.19. The molecule has 1 aromatic heterocycles. The van der Waals surface area contributed by atoms with Gasteiger partial charge in [-0.3, -0.25) is 9.59 Å². The molecule has 0 spiro atoms. The summed E-state index contributed by atoms with van der Waals surface area (Å²) in [6.45, 7) is 4.23. The number of hydrogen-bond acceptors (Lipinski definition) is 4. The monoisotopic (exact) mass is 400 g/mol. The van der Waals surface area contributed by atoms with Crippen LogP contribution in [0.3, 0.4) is 0 Å². The number of rotatable bonds is 8. The van der Waals surface area contributed by atoms with Crippen LogP contribution in [0.2, 0.25) is 0 Å². The second kappa shape index (κ2) is 9.09. The Morgan fingerprint density at radius 1 is 1.21 bits per heavy atom. The number of hydrogen-bond donors (Lipinski definition) is 5. The molecule has 3 rings (SSSR count). The molecule has 1 saturated heterocycles. The second-order valence-corrected chi connectivity index (χ2v) is 7.84. The Balaban J connectivity index is 1.81. The molecule has 156 valence electrons. The van der Waals surface area contributed by atoms with E-state index in [-0.39, 0.29) is 24.3 Å². The van der Waals surface area contributed by atoms with Gasteiger partial charge in [-0.25, -0.2) is 4.79 Å². The van der Waals surface area contributed by atoms with Crippen molar-refractivity contribution in [3.05, 3.63) is 36.0 Å². The van der Waals surface area contributed by atoms with Gasteiger partial charge in [0, 0.05) is 23.5 Å². The first-order chi connectivity index (χ1) is 13.9. The van der Waals surface area contributed by atoms with Gasteiger partial charge >= 0.3 is 5.97 Å². The molecule has 5 N–H and O–H groups in total. The zero-order chi connectivity index (χ0) is 21.0.